The lowest BCUT2D eigenvalue weighted by Crippen LogP contribution is -2.26. The van der Waals surface area contributed by atoms with Crippen LogP contribution in [0.2, 0.25) is 0 Å². The predicted octanol–water partition coefficient (Wildman–Crippen LogP) is 5.29. The van der Waals surface area contributed by atoms with Gasteiger partial charge in [0.05, 0.1) is 47.8 Å². The largest absolute Gasteiger partial charge is 0.491 e. The van der Waals surface area contributed by atoms with Crippen LogP contribution in [0.4, 0.5) is 0 Å². The molecule has 2 heterocycles. The van der Waals surface area contributed by atoms with Crippen LogP contribution in [0.25, 0.3) is 43.6 Å². The van der Waals surface area contributed by atoms with E-state index in [1.165, 1.54) is 19.2 Å². The zero-order chi connectivity index (χ0) is 34.8. The maximum atomic E-state index is 13.1. The molecular weight excluding hydrogens is 636 g/mol. The van der Waals surface area contributed by atoms with Crippen LogP contribution in [0.15, 0.2) is 125 Å². The molecule has 7 rings (SSSR count). The summed E-state index contributed by atoms with van der Waals surface area (Å²) in [7, 11) is 1.27. The molecule has 2 atom stereocenters. The third kappa shape index (κ3) is 6.29. The van der Waals surface area contributed by atoms with E-state index in [4.69, 9.17) is 14.2 Å². The van der Waals surface area contributed by atoms with Crippen molar-refractivity contribution < 1.29 is 29.2 Å². The first-order valence-corrected chi connectivity index (χ1v) is 16.2. The second-order valence-corrected chi connectivity index (χ2v) is 12.1. The minimum Gasteiger partial charge on any atom is -0.491 e. The van der Waals surface area contributed by atoms with Gasteiger partial charge in [-0.25, -0.2) is 4.79 Å². The van der Waals surface area contributed by atoms with Gasteiger partial charge >= 0.3 is 5.97 Å². The first kappa shape index (κ1) is 32.6. The molecule has 0 bridgehead atoms. The molecule has 0 amide bonds. The number of carbonyl (C=O) groups excluding carboxylic acids is 1. The number of hydrogen-bond donors (Lipinski definition) is 2. The topological polar surface area (TPSA) is 129 Å². The molecule has 0 fully saturated rings. The average Bonchev–Trinajstić information content (AvgIpc) is 3.16. The van der Waals surface area contributed by atoms with Crippen LogP contribution in [0.1, 0.15) is 10.4 Å². The zero-order valence-corrected chi connectivity index (χ0v) is 27.2. The summed E-state index contributed by atoms with van der Waals surface area (Å²) < 4.78 is 20.7. The van der Waals surface area contributed by atoms with Crippen molar-refractivity contribution in [1.29, 1.82) is 0 Å². The summed E-state index contributed by atoms with van der Waals surface area (Å²) in [6, 6.07) is 33.6. The lowest BCUT2D eigenvalue weighted by molar-refractivity contribution is 0.0598. The van der Waals surface area contributed by atoms with E-state index in [1.807, 2.05) is 81.9 Å². The van der Waals surface area contributed by atoms with Crippen molar-refractivity contribution in [3.8, 4) is 11.5 Å². The Labute approximate surface area is 285 Å². The highest BCUT2D eigenvalue weighted by atomic mass is 16.5. The Morgan fingerprint density at radius 2 is 0.920 bits per heavy atom. The number of fused-ring (bicyclic) bond motifs is 4. The standard InChI is InChI=1S/C40H34N2O8/c1-48-40(47)25-18-28(49-23-26(43)21-41-34-14-6-2-10-30(34)38(45)31-11-3-7-15-35(31)41)20-29(19-25)50-24-27(44)22-42-36-16-8-4-12-32(36)39(46)33-13-5-9-17-37(33)42/h2-20,26-27,43-44H,21-24H2,1H3. The second-order valence-electron chi connectivity index (χ2n) is 12.1. The molecule has 0 saturated heterocycles. The number of aromatic nitrogens is 2. The van der Waals surface area contributed by atoms with Crippen molar-refractivity contribution in [2.75, 3.05) is 20.3 Å². The van der Waals surface area contributed by atoms with Crippen molar-refractivity contribution >= 4 is 49.6 Å². The lowest BCUT2D eigenvalue weighted by atomic mass is 10.1. The number of aliphatic hydroxyl groups excluding tert-OH is 2. The van der Waals surface area contributed by atoms with Crippen LogP contribution >= 0.6 is 0 Å². The third-order valence-corrected chi connectivity index (χ3v) is 8.73. The number of benzene rings is 5. The van der Waals surface area contributed by atoms with E-state index in [-0.39, 0.29) is 54.2 Å². The molecule has 2 N–H and O–H groups in total. The Bertz CT molecular complexity index is 2220. The summed E-state index contributed by atoms with van der Waals surface area (Å²) in [5.41, 5.74) is 2.80. The predicted molar refractivity (Wildman–Crippen MR) is 192 cm³/mol. The van der Waals surface area contributed by atoms with Crippen molar-refractivity contribution in [3.05, 3.63) is 141 Å². The molecule has 10 nitrogen and oxygen atoms in total. The molecule has 50 heavy (non-hydrogen) atoms. The molecule has 7 aromatic rings. The van der Waals surface area contributed by atoms with E-state index in [1.54, 1.807) is 30.3 Å². The number of ether oxygens (including phenoxy) is 3. The number of carbonyl (C=O) groups is 1. The van der Waals surface area contributed by atoms with Crippen LogP contribution in [0.3, 0.4) is 0 Å². The highest BCUT2D eigenvalue weighted by Crippen LogP contribution is 2.26. The summed E-state index contributed by atoms with van der Waals surface area (Å²) in [5, 5.41) is 24.5. The molecule has 0 aliphatic rings. The lowest BCUT2D eigenvalue weighted by Gasteiger charge is -2.20. The van der Waals surface area contributed by atoms with Crippen LogP contribution in [0, 0.1) is 0 Å². The van der Waals surface area contributed by atoms with Gasteiger partial charge in [0.2, 0.25) is 0 Å². The number of aliphatic hydroxyl groups is 2. The zero-order valence-electron chi connectivity index (χ0n) is 27.2. The summed E-state index contributed by atoms with van der Waals surface area (Å²) >= 11 is 0. The van der Waals surface area contributed by atoms with Crippen molar-refractivity contribution in [1.82, 2.24) is 9.13 Å². The fourth-order valence-electron chi connectivity index (χ4n) is 6.43. The molecule has 0 radical (unpaired) electrons. The number of nitrogens with zero attached hydrogens (tertiary/aromatic N) is 2. The van der Waals surface area contributed by atoms with E-state index < -0.39 is 18.2 Å². The molecule has 0 saturated carbocycles. The highest BCUT2D eigenvalue weighted by molar-refractivity contribution is 5.94. The van der Waals surface area contributed by atoms with Gasteiger partial charge in [0.15, 0.2) is 10.9 Å². The van der Waals surface area contributed by atoms with Crippen LogP contribution in [-0.4, -0.2) is 57.8 Å². The first-order valence-electron chi connectivity index (χ1n) is 16.2. The van der Waals surface area contributed by atoms with E-state index in [9.17, 15) is 24.6 Å². The van der Waals surface area contributed by atoms with Gasteiger partial charge in [0, 0.05) is 27.6 Å². The Morgan fingerprint density at radius 1 is 0.580 bits per heavy atom. The van der Waals surface area contributed by atoms with Crippen LogP contribution in [-0.2, 0) is 17.8 Å². The van der Waals surface area contributed by atoms with E-state index in [0.29, 0.717) is 43.6 Å². The quantitative estimate of drug-likeness (QED) is 0.140. The van der Waals surface area contributed by atoms with Crippen LogP contribution < -0.4 is 20.3 Å². The molecule has 0 spiro atoms. The Morgan fingerprint density at radius 3 is 1.26 bits per heavy atom. The first-order chi connectivity index (χ1) is 24.3. The minimum absolute atomic E-state index is 0.0730. The SMILES string of the molecule is COC(=O)c1cc(OCC(O)Cn2c3ccccc3c(=O)c3ccccc32)cc(OCC(O)Cn2c3ccccc3c(=O)c3ccccc32)c1. The van der Waals surface area contributed by atoms with E-state index in [0.717, 1.165) is 0 Å². The van der Waals surface area contributed by atoms with Gasteiger partial charge in [0.1, 0.15) is 36.9 Å². The summed E-state index contributed by atoms with van der Waals surface area (Å²) in [6.45, 7) is 0.0196. The second kappa shape index (κ2) is 13.9. The molecule has 5 aromatic carbocycles. The minimum atomic E-state index is -0.987. The number of hydrogen-bond acceptors (Lipinski definition) is 8. The Kier molecular flexibility index (Phi) is 9.04. The molecule has 252 valence electrons. The van der Waals surface area contributed by atoms with Gasteiger partial charge < -0.3 is 33.6 Å². The van der Waals surface area contributed by atoms with Gasteiger partial charge in [-0.1, -0.05) is 48.5 Å². The Hall–Kier alpha value is -5.97. The van der Waals surface area contributed by atoms with E-state index in [2.05, 4.69) is 0 Å². The van der Waals surface area contributed by atoms with Crippen molar-refractivity contribution in [2.24, 2.45) is 0 Å². The highest BCUT2D eigenvalue weighted by Gasteiger charge is 2.18. The molecule has 2 unspecified atom stereocenters. The third-order valence-electron chi connectivity index (χ3n) is 8.73. The van der Waals surface area contributed by atoms with Gasteiger partial charge in [0.25, 0.3) is 0 Å². The van der Waals surface area contributed by atoms with Crippen molar-refractivity contribution in [3.63, 3.8) is 0 Å². The summed E-state index contributed by atoms with van der Waals surface area (Å²) in [4.78, 5) is 38.8. The fourth-order valence-corrected chi connectivity index (χ4v) is 6.43. The fraction of sp³-hybridized carbons (Fsp3) is 0.175. The number of methoxy groups -OCH3 is 1. The van der Waals surface area contributed by atoms with E-state index >= 15 is 0 Å². The number of para-hydroxylation sites is 4. The maximum absolute atomic E-state index is 13.1. The average molecular weight is 671 g/mol. The number of pyridine rings is 2. The summed E-state index contributed by atoms with van der Waals surface area (Å²) in [6.07, 6.45) is -1.97. The molecule has 0 aliphatic heterocycles. The monoisotopic (exact) mass is 670 g/mol. The normalized spacial score (nSPS) is 12.7. The molecule has 2 aromatic heterocycles. The van der Waals surface area contributed by atoms with Gasteiger partial charge in [-0.05, 0) is 60.7 Å². The maximum Gasteiger partial charge on any atom is 0.338 e. The summed E-state index contributed by atoms with van der Waals surface area (Å²) in [5.74, 6) is -0.106. The Balaban J connectivity index is 1.09. The van der Waals surface area contributed by atoms with Crippen LogP contribution in [0.5, 0.6) is 11.5 Å². The van der Waals surface area contributed by atoms with Gasteiger partial charge in [-0.3, -0.25) is 9.59 Å². The van der Waals surface area contributed by atoms with Gasteiger partial charge in [-0.15, -0.1) is 0 Å². The number of esters is 1. The molecular formula is C40H34N2O8. The molecule has 0 aliphatic carbocycles. The van der Waals surface area contributed by atoms with Crippen molar-refractivity contribution in [2.45, 2.75) is 25.3 Å². The van der Waals surface area contributed by atoms with Gasteiger partial charge in [-0.2, -0.15) is 0 Å². The smallest absolute Gasteiger partial charge is 0.338 e. The molecule has 10 heteroatoms. The number of rotatable bonds is 11.